The molecule has 88 valence electrons. The number of halogens is 2. The fourth-order valence-corrected chi connectivity index (χ4v) is 1.11. The minimum Gasteiger partial charge on any atom is -0.488 e. The van der Waals surface area contributed by atoms with Crippen LogP contribution in [0.5, 0.6) is 5.75 Å². The second-order valence-corrected chi connectivity index (χ2v) is 3.20. The molecule has 6 heteroatoms. The monoisotopic (exact) mass is 231 g/mol. The summed E-state index contributed by atoms with van der Waals surface area (Å²) < 4.78 is 31.3. The van der Waals surface area contributed by atoms with E-state index in [2.05, 4.69) is 0 Å². The van der Waals surface area contributed by atoms with Crippen molar-refractivity contribution >= 4 is 5.69 Å². The quantitative estimate of drug-likeness (QED) is 0.444. The van der Waals surface area contributed by atoms with Crippen LogP contribution in [-0.2, 0) is 0 Å². The third kappa shape index (κ3) is 2.88. The standard InChI is InChI=1S/C10H11F2NO3/c1-2-3-4-16-10-8(11)5-7(13(14)15)6-9(10)12/h5-6H,2-4H2,1H3. The van der Waals surface area contributed by atoms with Crippen LogP contribution in [0, 0.1) is 21.7 Å². The van der Waals surface area contributed by atoms with Crippen LogP contribution in [0.4, 0.5) is 14.5 Å². The number of non-ortho nitro benzene ring substituents is 1. The number of nitro groups is 1. The molecule has 0 saturated heterocycles. The van der Waals surface area contributed by atoms with Gasteiger partial charge in [-0.15, -0.1) is 0 Å². The van der Waals surface area contributed by atoms with Gasteiger partial charge in [0, 0.05) is 0 Å². The SMILES string of the molecule is CCCCOc1c(F)cc([N+](=O)[O-])cc1F. The van der Waals surface area contributed by atoms with Crippen molar-refractivity contribution < 1.29 is 18.4 Å². The van der Waals surface area contributed by atoms with Crippen molar-refractivity contribution in [2.75, 3.05) is 6.61 Å². The molecule has 0 amide bonds. The van der Waals surface area contributed by atoms with Crippen LogP contribution in [-0.4, -0.2) is 11.5 Å². The molecule has 0 unspecified atom stereocenters. The van der Waals surface area contributed by atoms with Crippen molar-refractivity contribution in [3.8, 4) is 5.75 Å². The molecule has 0 heterocycles. The van der Waals surface area contributed by atoms with E-state index in [0.29, 0.717) is 18.6 Å². The van der Waals surface area contributed by atoms with E-state index >= 15 is 0 Å². The Morgan fingerprint density at radius 1 is 1.38 bits per heavy atom. The lowest BCUT2D eigenvalue weighted by molar-refractivity contribution is -0.385. The third-order valence-electron chi connectivity index (χ3n) is 1.94. The zero-order valence-corrected chi connectivity index (χ0v) is 8.70. The molecule has 1 aromatic rings. The average Bonchev–Trinajstić information content (AvgIpc) is 2.21. The Balaban J connectivity index is 2.89. The van der Waals surface area contributed by atoms with Gasteiger partial charge < -0.3 is 4.74 Å². The second-order valence-electron chi connectivity index (χ2n) is 3.20. The lowest BCUT2D eigenvalue weighted by atomic mass is 10.2. The molecule has 0 bridgehead atoms. The molecule has 0 aliphatic heterocycles. The summed E-state index contributed by atoms with van der Waals surface area (Å²) >= 11 is 0. The van der Waals surface area contributed by atoms with Crippen LogP contribution in [0.1, 0.15) is 19.8 Å². The number of hydrogen-bond acceptors (Lipinski definition) is 3. The zero-order chi connectivity index (χ0) is 12.1. The van der Waals surface area contributed by atoms with Gasteiger partial charge in [-0.1, -0.05) is 13.3 Å². The van der Waals surface area contributed by atoms with Crippen molar-refractivity contribution in [1.29, 1.82) is 0 Å². The van der Waals surface area contributed by atoms with Crippen LogP contribution in [0.25, 0.3) is 0 Å². The first-order valence-corrected chi connectivity index (χ1v) is 4.82. The van der Waals surface area contributed by atoms with Gasteiger partial charge in [0.05, 0.1) is 23.7 Å². The van der Waals surface area contributed by atoms with Crippen LogP contribution in [0.15, 0.2) is 12.1 Å². The summed E-state index contributed by atoms with van der Waals surface area (Å²) in [5.41, 5.74) is -0.627. The summed E-state index contributed by atoms with van der Waals surface area (Å²) in [6.45, 7) is 2.09. The summed E-state index contributed by atoms with van der Waals surface area (Å²) in [5, 5.41) is 10.3. The Morgan fingerprint density at radius 2 is 1.94 bits per heavy atom. The Bertz CT molecular complexity index is 373. The summed E-state index contributed by atoms with van der Waals surface area (Å²) in [7, 11) is 0. The van der Waals surface area contributed by atoms with E-state index in [0.717, 1.165) is 6.42 Å². The minimum absolute atomic E-state index is 0.183. The molecule has 1 aromatic carbocycles. The lowest BCUT2D eigenvalue weighted by Crippen LogP contribution is -2.02. The van der Waals surface area contributed by atoms with Gasteiger partial charge in [-0.3, -0.25) is 10.1 Å². The molecule has 16 heavy (non-hydrogen) atoms. The van der Waals surface area contributed by atoms with Crippen molar-refractivity contribution in [2.45, 2.75) is 19.8 Å². The van der Waals surface area contributed by atoms with Gasteiger partial charge in [-0.25, -0.2) is 8.78 Å². The molecular weight excluding hydrogens is 220 g/mol. The van der Waals surface area contributed by atoms with E-state index in [9.17, 15) is 18.9 Å². The highest BCUT2D eigenvalue weighted by Crippen LogP contribution is 2.26. The fraction of sp³-hybridized carbons (Fsp3) is 0.400. The zero-order valence-electron chi connectivity index (χ0n) is 8.70. The maximum atomic E-state index is 13.2. The number of nitrogens with zero attached hydrogens (tertiary/aromatic N) is 1. The molecule has 1 rings (SSSR count). The highest BCUT2D eigenvalue weighted by Gasteiger charge is 2.17. The van der Waals surface area contributed by atoms with E-state index in [4.69, 9.17) is 4.74 Å². The largest absolute Gasteiger partial charge is 0.488 e. The molecule has 0 spiro atoms. The van der Waals surface area contributed by atoms with E-state index < -0.39 is 28.0 Å². The Labute approximate surface area is 91.0 Å². The molecule has 0 saturated carbocycles. The molecule has 0 atom stereocenters. The van der Waals surface area contributed by atoms with Crippen LogP contribution >= 0.6 is 0 Å². The molecule has 0 N–H and O–H groups in total. The van der Waals surface area contributed by atoms with Crippen molar-refractivity contribution in [2.24, 2.45) is 0 Å². The van der Waals surface area contributed by atoms with E-state index in [1.165, 1.54) is 0 Å². The second kappa shape index (κ2) is 5.39. The molecule has 0 aliphatic carbocycles. The Hall–Kier alpha value is -1.72. The van der Waals surface area contributed by atoms with Crippen molar-refractivity contribution in [3.63, 3.8) is 0 Å². The van der Waals surface area contributed by atoms with Gasteiger partial charge in [0.25, 0.3) is 5.69 Å². The average molecular weight is 231 g/mol. The first-order chi connectivity index (χ1) is 7.56. The van der Waals surface area contributed by atoms with E-state index in [1.807, 2.05) is 6.92 Å². The molecular formula is C10H11F2NO3. The van der Waals surface area contributed by atoms with E-state index in [-0.39, 0.29) is 6.61 Å². The maximum Gasteiger partial charge on any atom is 0.275 e. The first kappa shape index (κ1) is 12.4. The third-order valence-corrected chi connectivity index (χ3v) is 1.94. The number of unbranched alkanes of at least 4 members (excludes halogenated alkanes) is 1. The van der Waals surface area contributed by atoms with Crippen LogP contribution in [0.3, 0.4) is 0 Å². The predicted octanol–water partition coefficient (Wildman–Crippen LogP) is 3.05. The van der Waals surface area contributed by atoms with Gasteiger partial charge >= 0.3 is 0 Å². The highest BCUT2D eigenvalue weighted by atomic mass is 19.1. The highest BCUT2D eigenvalue weighted by molar-refractivity contribution is 5.39. The molecule has 0 aromatic heterocycles. The molecule has 0 fully saturated rings. The van der Waals surface area contributed by atoms with Crippen molar-refractivity contribution in [1.82, 2.24) is 0 Å². The molecule has 4 nitrogen and oxygen atoms in total. The maximum absolute atomic E-state index is 13.2. The van der Waals surface area contributed by atoms with Gasteiger partial charge in [-0.2, -0.15) is 0 Å². The van der Waals surface area contributed by atoms with Crippen molar-refractivity contribution in [3.05, 3.63) is 33.9 Å². The summed E-state index contributed by atoms with van der Waals surface area (Å²) in [6, 6.07) is 1.29. The number of nitro benzene ring substituents is 1. The molecule has 0 radical (unpaired) electrons. The van der Waals surface area contributed by atoms with Crippen LogP contribution in [0.2, 0.25) is 0 Å². The smallest absolute Gasteiger partial charge is 0.275 e. The van der Waals surface area contributed by atoms with Gasteiger partial charge in [0.1, 0.15) is 0 Å². The van der Waals surface area contributed by atoms with Gasteiger partial charge in [0.2, 0.25) is 0 Å². The number of benzene rings is 1. The fourth-order valence-electron chi connectivity index (χ4n) is 1.11. The predicted molar refractivity (Wildman–Crippen MR) is 53.4 cm³/mol. The Morgan fingerprint density at radius 3 is 2.38 bits per heavy atom. The minimum atomic E-state index is -1.05. The molecule has 0 aliphatic rings. The first-order valence-electron chi connectivity index (χ1n) is 4.82. The van der Waals surface area contributed by atoms with Gasteiger partial charge in [-0.05, 0) is 6.42 Å². The topological polar surface area (TPSA) is 52.4 Å². The summed E-state index contributed by atoms with van der Waals surface area (Å²) in [6.07, 6.45) is 1.49. The Kier molecular flexibility index (Phi) is 4.16. The number of rotatable bonds is 5. The summed E-state index contributed by atoms with van der Waals surface area (Å²) in [4.78, 5) is 9.45. The normalized spacial score (nSPS) is 10.2. The lowest BCUT2D eigenvalue weighted by Gasteiger charge is -2.07. The number of hydrogen-bond donors (Lipinski definition) is 0. The number of ether oxygens (including phenoxy) is 1. The van der Waals surface area contributed by atoms with Gasteiger partial charge in [0.15, 0.2) is 17.4 Å². The summed E-state index contributed by atoms with van der Waals surface area (Å²) in [5.74, 6) is -2.66. The van der Waals surface area contributed by atoms with Crippen LogP contribution < -0.4 is 4.74 Å². The van der Waals surface area contributed by atoms with E-state index in [1.54, 1.807) is 0 Å².